The van der Waals surface area contributed by atoms with Crippen molar-refractivity contribution in [2.75, 3.05) is 32.2 Å². The van der Waals surface area contributed by atoms with Crippen molar-refractivity contribution in [2.24, 2.45) is 0 Å². The summed E-state index contributed by atoms with van der Waals surface area (Å²) < 4.78 is 12.0. The highest BCUT2D eigenvalue weighted by Crippen LogP contribution is 2.45. The van der Waals surface area contributed by atoms with Crippen LogP contribution < -0.4 is 14.4 Å². The first-order valence-electron chi connectivity index (χ1n) is 11.0. The van der Waals surface area contributed by atoms with E-state index in [1.165, 1.54) is 11.8 Å². The number of hydrogen-bond acceptors (Lipinski definition) is 6. The average Bonchev–Trinajstić information content (AvgIpc) is 3.26. The van der Waals surface area contributed by atoms with Gasteiger partial charge in [-0.15, -0.1) is 0 Å². The van der Waals surface area contributed by atoms with Crippen molar-refractivity contribution >= 4 is 67.3 Å². The molecule has 1 saturated heterocycles. The Hall–Kier alpha value is -2.36. The molecule has 2 aliphatic heterocycles. The normalized spacial score (nSPS) is 17.6. The predicted molar refractivity (Wildman–Crippen MR) is 143 cm³/mol. The van der Waals surface area contributed by atoms with Gasteiger partial charge in [0.15, 0.2) is 11.5 Å². The first kappa shape index (κ1) is 24.8. The minimum absolute atomic E-state index is 0.137. The monoisotopic (exact) mass is 560 g/mol. The molecule has 9 heteroatoms. The SMILES string of the molecule is CCCCN1C(=O)/C(=C2\SC(=S)N(CCc3ccc(OC)c(OC)c3)C2=O)c2cc(Br)ccc21. The minimum Gasteiger partial charge on any atom is -0.493 e. The van der Waals surface area contributed by atoms with Gasteiger partial charge in [0.2, 0.25) is 0 Å². The number of carbonyl (C=O) groups is 2. The van der Waals surface area contributed by atoms with E-state index in [1.807, 2.05) is 36.4 Å². The summed E-state index contributed by atoms with van der Waals surface area (Å²) in [5, 5.41) is 0. The lowest BCUT2D eigenvalue weighted by Crippen LogP contribution is -2.31. The Morgan fingerprint density at radius 1 is 0.971 bits per heavy atom. The van der Waals surface area contributed by atoms with Crippen molar-refractivity contribution in [3.63, 3.8) is 0 Å². The molecule has 0 N–H and O–H groups in total. The van der Waals surface area contributed by atoms with Crippen molar-refractivity contribution in [2.45, 2.75) is 26.2 Å². The summed E-state index contributed by atoms with van der Waals surface area (Å²) in [5.41, 5.74) is 3.05. The van der Waals surface area contributed by atoms with Crippen LogP contribution in [0.1, 0.15) is 30.9 Å². The van der Waals surface area contributed by atoms with Crippen molar-refractivity contribution in [3.8, 4) is 11.5 Å². The Labute approximate surface area is 217 Å². The molecule has 4 rings (SSSR count). The highest BCUT2D eigenvalue weighted by atomic mass is 79.9. The molecule has 0 saturated carbocycles. The zero-order chi connectivity index (χ0) is 24.4. The van der Waals surface area contributed by atoms with Crippen molar-refractivity contribution in [3.05, 3.63) is 56.9 Å². The molecule has 2 amide bonds. The molecule has 178 valence electrons. The minimum atomic E-state index is -0.220. The van der Waals surface area contributed by atoms with Crippen LogP contribution in [0.4, 0.5) is 5.69 Å². The summed E-state index contributed by atoms with van der Waals surface area (Å²) in [5.74, 6) is 0.932. The summed E-state index contributed by atoms with van der Waals surface area (Å²) >= 11 is 10.3. The highest BCUT2D eigenvalue weighted by molar-refractivity contribution is 9.10. The fraction of sp³-hybridized carbons (Fsp3) is 0.320. The van der Waals surface area contributed by atoms with Crippen LogP contribution in [0.5, 0.6) is 11.5 Å². The lowest BCUT2D eigenvalue weighted by atomic mass is 10.1. The second-order valence-corrected chi connectivity index (χ2v) is 10.5. The number of hydrogen-bond donors (Lipinski definition) is 0. The average molecular weight is 562 g/mol. The molecule has 2 aromatic carbocycles. The molecule has 0 unspecified atom stereocenters. The number of ether oxygens (including phenoxy) is 2. The van der Waals surface area contributed by atoms with Gasteiger partial charge in [-0.1, -0.05) is 59.3 Å². The summed E-state index contributed by atoms with van der Waals surface area (Å²) in [6, 6.07) is 11.4. The van der Waals surface area contributed by atoms with Gasteiger partial charge in [0.1, 0.15) is 4.32 Å². The van der Waals surface area contributed by atoms with E-state index >= 15 is 0 Å². The molecule has 0 spiro atoms. The van der Waals surface area contributed by atoms with Gasteiger partial charge in [-0.3, -0.25) is 14.5 Å². The Balaban J connectivity index is 1.61. The van der Waals surface area contributed by atoms with Crippen molar-refractivity contribution < 1.29 is 19.1 Å². The first-order valence-corrected chi connectivity index (χ1v) is 13.0. The molecule has 6 nitrogen and oxygen atoms in total. The fourth-order valence-corrected chi connectivity index (χ4v) is 5.82. The number of methoxy groups -OCH3 is 2. The van der Waals surface area contributed by atoms with E-state index in [9.17, 15) is 9.59 Å². The topological polar surface area (TPSA) is 59.1 Å². The second-order valence-electron chi connectivity index (χ2n) is 7.94. The molecule has 2 aliphatic rings. The number of benzene rings is 2. The molecular formula is C25H25BrN2O4S2. The van der Waals surface area contributed by atoms with E-state index in [1.54, 1.807) is 24.0 Å². The quantitative estimate of drug-likeness (QED) is 0.317. The van der Waals surface area contributed by atoms with E-state index in [2.05, 4.69) is 22.9 Å². The van der Waals surface area contributed by atoms with E-state index in [-0.39, 0.29) is 11.8 Å². The van der Waals surface area contributed by atoms with Crippen LogP contribution in [0.15, 0.2) is 45.8 Å². The third kappa shape index (κ3) is 4.61. The number of thiocarbonyl (C=S) groups is 1. The number of rotatable bonds is 8. The number of thioether (sulfide) groups is 1. The van der Waals surface area contributed by atoms with Crippen LogP contribution in [0, 0.1) is 0 Å². The van der Waals surface area contributed by atoms with Crippen LogP contribution >= 0.6 is 39.9 Å². The van der Waals surface area contributed by atoms with Crippen LogP contribution in [0.2, 0.25) is 0 Å². The maximum Gasteiger partial charge on any atom is 0.267 e. The van der Waals surface area contributed by atoms with Gasteiger partial charge in [0.25, 0.3) is 11.8 Å². The standard InChI is InChI=1S/C25H25BrN2O4S2/c1-4-5-11-27-18-8-7-16(26)14-17(18)21(23(27)29)22-24(30)28(25(33)34-22)12-10-15-6-9-19(31-2)20(13-15)32-3/h6-9,13-14H,4-5,10-12H2,1-3H3/b22-21-. The van der Waals surface area contributed by atoms with Crippen LogP contribution in [-0.2, 0) is 16.0 Å². The number of fused-ring (bicyclic) bond motifs is 1. The predicted octanol–water partition coefficient (Wildman–Crippen LogP) is 5.43. The lowest BCUT2D eigenvalue weighted by molar-refractivity contribution is -0.122. The summed E-state index contributed by atoms with van der Waals surface area (Å²) in [7, 11) is 3.18. The van der Waals surface area contributed by atoms with Crippen LogP contribution in [-0.4, -0.2) is 48.3 Å². The molecule has 0 bridgehead atoms. The Morgan fingerprint density at radius 2 is 1.74 bits per heavy atom. The van der Waals surface area contributed by atoms with E-state index in [4.69, 9.17) is 21.7 Å². The van der Waals surface area contributed by atoms with Crippen LogP contribution in [0.3, 0.4) is 0 Å². The van der Waals surface area contributed by atoms with Gasteiger partial charge in [0, 0.05) is 23.1 Å². The Morgan fingerprint density at radius 3 is 2.44 bits per heavy atom. The summed E-state index contributed by atoms with van der Waals surface area (Å²) in [4.78, 5) is 30.6. The van der Waals surface area contributed by atoms with Crippen molar-refractivity contribution in [1.82, 2.24) is 4.90 Å². The third-order valence-corrected chi connectivity index (χ3v) is 7.80. The number of amides is 2. The van der Waals surface area contributed by atoms with E-state index in [0.29, 0.717) is 45.8 Å². The van der Waals surface area contributed by atoms with Crippen LogP contribution in [0.25, 0.3) is 5.57 Å². The van der Waals surface area contributed by atoms with Crippen molar-refractivity contribution in [1.29, 1.82) is 0 Å². The lowest BCUT2D eigenvalue weighted by Gasteiger charge is -2.16. The first-order chi connectivity index (χ1) is 16.4. The molecule has 0 aliphatic carbocycles. The molecule has 0 aromatic heterocycles. The summed E-state index contributed by atoms with van der Waals surface area (Å²) in [6.45, 7) is 3.12. The van der Waals surface area contributed by atoms with Gasteiger partial charge in [0.05, 0.1) is 30.4 Å². The van der Waals surface area contributed by atoms with Gasteiger partial charge >= 0.3 is 0 Å². The number of anilines is 1. The Kier molecular flexibility index (Phi) is 7.64. The largest absolute Gasteiger partial charge is 0.493 e. The van der Waals surface area contributed by atoms with E-state index < -0.39 is 0 Å². The molecule has 1 fully saturated rings. The number of nitrogens with zero attached hydrogens (tertiary/aromatic N) is 2. The number of halogens is 1. The number of carbonyl (C=O) groups excluding carboxylic acids is 2. The fourth-order valence-electron chi connectivity index (χ4n) is 4.08. The van der Waals surface area contributed by atoms with Gasteiger partial charge in [-0.05, 0) is 48.7 Å². The maximum absolute atomic E-state index is 13.4. The molecular weight excluding hydrogens is 536 g/mol. The zero-order valence-electron chi connectivity index (χ0n) is 19.2. The van der Waals surface area contributed by atoms with E-state index in [0.717, 1.165) is 34.1 Å². The number of unbranched alkanes of at least 4 members (excludes halogenated alkanes) is 1. The smallest absolute Gasteiger partial charge is 0.267 e. The maximum atomic E-state index is 13.4. The molecule has 0 atom stereocenters. The highest BCUT2D eigenvalue weighted by Gasteiger charge is 2.41. The van der Waals surface area contributed by atoms with Gasteiger partial charge in [-0.25, -0.2) is 0 Å². The van der Waals surface area contributed by atoms with Gasteiger partial charge in [-0.2, -0.15) is 0 Å². The molecule has 2 heterocycles. The van der Waals surface area contributed by atoms with Gasteiger partial charge < -0.3 is 14.4 Å². The summed E-state index contributed by atoms with van der Waals surface area (Å²) in [6.07, 6.45) is 2.46. The second kappa shape index (κ2) is 10.5. The zero-order valence-corrected chi connectivity index (χ0v) is 22.4. The Bertz CT molecular complexity index is 1200. The molecule has 34 heavy (non-hydrogen) atoms. The molecule has 2 aromatic rings. The third-order valence-electron chi connectivity index (χ3n) is 5.86. The molecule has 0 radical (unpaired) electrons.